The third-order valence-electron chi connectivity index (χ3n) is 2.83. The molecule has 0 aliphatic carbocycles. The van der Waals surface area contributed by atoms with Crippen LogP contribution in [0.5, 0.6) is 0 Å². The number of nitrogens with zero attached hydrogens (tertiary/aromatic N) is 1. The maximum absolute atomic E-state index is 4.08. The van der Waals surface area contributed by atoms with Gasteiger partial charge in [-0.1, -0.05) is 32.6 Å². The molecule has 1 heterocycles. The minimum atomic E-state index is 0.620. The van der Waals surface area contributed by atoms with Crippen molar-refractivity contribution < 1.29 is 0 Å². The first-order valence-electron chi connectivity index (χ1n) is 5.46. The summed E-state index contributed by atoms with van der Waals surface area (Å²) in [7, 11) is 0. The Labute approximate surface area is 87.7 Å². The van der Waals surface area contributed by atoms with Gasteiger partial charge >= 0.3 is 0 Å². The molecule has 1 rings (SSSR count). The van der Waals surface area contributed by atoms with Gasteiger partial charge in [0.05, 0.1) is 5.82 Å². The summed E-state index contributed by atoms with van der Waals surface area (Å²) < 4.78 is 0. The molecule has 1 aliphatic rings. The molecule has 0 radical (unpaired) electrons. The quantitative estimate of drug-likeness (QED) is 0.676. The van der Waals surface area contributed by atoms with Gasteiger partial charge in [0.2, 0.25) is 0 Å². The van der Waals surface area contributed by atoms with Gasteiger partial charge in [-0.15, -0.1) is 0 Å². The van der Waals surface area contributed by atoms with Crippen LogP contribution < -0.4 is 5.32 Å². The fourth-order valence-corrected chi connectivity index (χ4v) is 1.61. The van der Waals surface area contributed by atoms with Crippen molar-refractivity contribution in [1.29, 1.82) is 0 Å². The Balaban J connectivity index is 2.15. The second kappa shape index (κ2) is 5.08. The van der Waals surface area contributed by atoms with E-state index < -0.39 is 0 Å². The summed E-state index contributed by atoms with van der Waals surface area (Å²) in [6.07, 6.45) is 2.33. The van der Waals surface area contributed by atoms with Gasteiger partial charge in [-0.3, -0.25) is 0 Å². The lowest BCUT2D eigenvalue weighted by Crippen LogP contribution is -2.20. The minimum absolute atomic E-state index is 0.620. The third-order valence-corrected chi connectivity index (χ3v) is 2.83. The minimum Gasteiger partial charge on any atom is -0.370 e. The molecule has 0 saturated carbocycles. The van der Waals surface area contributed by atoms with E-state index in [9.17, 15) is 0 Å². The van der Waals surface area contributed by atoms with Crippen LogP contribution in [0.4, 0.5) is 0 Å². The highest BCUT2D eigenvalue weighted by Crippen LogP contribution is 2.14. The highest BCUT2D eigenvalue weighted by molar-refractivity contribution is 5.00. The SMILES string of the molecule is C=C(CCCN1CCNC1=C)C(C)C. The van der Waals surface area contributed by atoms with Crippen LogP contribution in [-0.4, -0.2) is 24.5 Å². The molecule has 1 aliphatic heterocycles. The van der Waals surface area contributed by atoms with Crippen molar-refractivity contribution in [2.24, 2.45) is 5.92 Å². The van der Waals surface area contributed by atoms with E-state index in [1.54, 1.807) is 0 Å². The van der Waals surface area contributed by atoms with E-state index in [2.05, 4.69) is 37.2 Å². The van der Waals surface area contributed by atoms with Crippen molar-refractivity contribution in [1.82, 2.24) is 10.2 Å². The van der Waals surface area contributed by atoms with E-state index in [0.29, 0.717) is 5.92 Å². The summed E-state index contributed by atoms with van der Waals surface area (Å²) in [5.41, 5.74) is 1.36. The monoisotopic (exact) mass is 194 g/mol. The lowest BCUT2D eigenvalue weighted by molar-refractivity contribution is 0.386. The van der Waals surface area contributed by atoms with Gasteiger partial charge in [0.15, 0.2) is 0 Å². The average Bonchev–Trinajstić information content (AvgIpc) is 2.51. The van der Waals surface area contributed by atoms with Crippen LogP contribution in [0.25, 0.3) is 0 Å². The molecule has 0 bridgehead atoms. The van der Waals surface area contributed by atoms with Crippen LogP contribution in [0.15, 0.2) is 24.6 Å². The second-order valence-corrected chi connectivity index (χ2v) is 4.28. The van der Waals surface area contributed by atoms with Crippen molar-refractivity contribution in [3.63, 3.8) is 0 Å². The Kier molecular flexibility index (Phi) is 4.05. The fraction of sp³-hybridized carbons (Fsp3) is 0.667. The molecule has 1 N–H and O–H groups in total. The van der Waals surface area contributed by atoms with Crippen LogP contribution in [0.2, 0.25) is 0 Å². The predicted octanol–water partition coefficient (Wildman–Crippen LogP) is 2.36. The summed E-state index contributed by atoms with van der Waals surface area (Å²) in [5.74, 6) is 1.70. The molecule has 14 heavy (non-hydrogen) atoms. The Morgan fingerprint density at radius 1 is 1.57 bits per heavy atom. The zero-order valence-corrected chi connectivity index (χ0v) is 9.47. The summed E-state index contributed by atoms with van der Waals surface area (Å²) in [6, 6.07) is 0. The topological polar surface area (TPSA) is 15.3 Å². The molecule has 80 valence electrons. The predicted molar refractivity (Wildman–Crippen MR) is 61.9 cm³/mol. The number of hydrogen-bond acceptors (Lipinski definition) is 2. The first-order chi connectivity index (χ1) is 6.61. The van der Waals surface area contributed by atoms with Crippen LogP contribution in [0.3, 0.4) is 0 Å². The first kappa shape index (κ1) is 11.2. The molecule has 2 heteroatoms. The largest absolute Gasteiger partial charge is 0.370 e. The standard InChI is InChI=1S/C12H22N2/c1-10(2)11(3)6-5-8-14-9-7-13-12(14)4/h10,13H,3-9H2,1-2H3. The molecule has 1 saturated heterocycles. The normalized spacial score (nSPS) is 16.2. The van der Waals surface area contributed by atoms with Crippen LogP contribution in [0.1, 0.15) is 26.7 Å². The molecule has 0 unspecified atom stereocenters. The van der Waals surface area contributed by atoms with Crippen LogP contribution >= 0.6 is 0 Å². The van der Waals surface area contributed by atoms with Gasteiger partial charge < -0.3 is 10.2 Å². The third kappa shape index (κ3) is 3.09. The van der Waals surface area contributed by atoms with Crippen molar-refractivity contribution in [2.45, 2.75) is 26.7 Å². The Morgan fingerprint density at radius 2 is 2.29 bits per heavy atom. The molecule has 0 atom stereocenters. The molecular formula is C12H22N2. The zero-order valence-electron chi connectivity index (χ0n) is 9.47. The van der Waals surface area contributed by atoms with Gasteiger partial charge in [0, 0.05) is 19.6 Å². The molecule has 1 fully saturated rings. The fourth-order valence-electron chi connectivity index (χ4n) is 1.61. The Hall–Kier alpha value is -0.920. The average molecular weight is 194 g/mol. The highest BCUT2D eigenvalue weighted by atomic mass is 15.3. The Bertz CT molecular complexity index is 218. The van der Waals surface area contributed by atoms with E-state index in [4.69, 9.17) is 0 Å². The number of hydrogen-bond donors (Lipinski definition) is 1. The smallest absolute Gasteiger partial charge is 0.0939 e. The summed E-state index contributed by atoms with van der Waals surface area (Å²) >= 11 is 0. The zero-order chi connectivity index (χ0) is 10.6. The molecule has 0 aromatic carbocycles. The van der Waals surface area contributed by atoms with E-state index in [1.165, 1.54) is 12.0 Å². The number of nitrogens with one attached hydrogen (secondary N) is 1. The van der Waals surface area contributed by atoms with Gasteiger partial charge in [-0.05, 0) is 18.8 Å². The second-order valence-electron chi connectivity index (χ2n) is 4.28. The summed E-state index contributed by atoms with van der Waals surface area (Å²) in [5, 5.41) is 3.24. The van der Waals surface area contributed by atoms with Crippen molar-refractivity contribution in [2.75, 3.05) is 19.6 Å². The first-order valence-corrected chi connectivity index (χ1v) is 5.46. The molecular weight excluding hydrogens is 172 g/mol. The molecule has 0 aromatic heterocycles. The van der Waals surface area contributed by atoms with Crippen molar-refractivity contribution in [3.8, 4) is 0 Å². The summed E-state index contributed by atoms with van der Waals surface area (Å²) in [6.45, 7) is 15.7. The van der Waals surface area contributed by atoms with Crippen LogP contribution in [-0.2, 0) is 0 Å². The van der Waals surface area contributed by atoms with E-state index in [0.717, 1.165) is 31.9 Å². The molecule has 0 aromatic rings. The lowest BCUT2D eigenvalue weighted by Gasteiger charge is -2.18. The molecule has 0 amide bonds. The summed E-state index contributed by atoms with van der Waals surface area (Å²) in [4.78, 5) is 2.31. The molecule has 2 nitrogen and oxygen atoms in total. The van der Waals surface area contributed by atoms with E-state index >= 15 is 0 Å². The van der Waals surface area contributed by atoms with Gasteiger partial charge in [-0.2, -0.15) is 0 Å². The lowest BCUT2D eigenvalue weighted by atomic mass is 10.0. The van der Waals surface area contributed by atoms with Crippen molar-refractivity contribution >= 4 is 0 Å². The molecule has 0 spiro atoms. The van der Waals surface area contributed by atoms with E-state index in [-0.39, 0.29) is 0 Å². The maximum Gasteiger partial charge on any atom is 0.0939 e. The van der Waals surface area contributed by atoms with Gasteiger partial charge in [-0.25, -0.2) is 0 Å². The van der Waals surface area contributed by atoms with Crippen molar-refractivity contribution in [3.05, 3.63) is 24.6 Å². The van der Waals surface area contributed by atoms with Gasteiger partial charge in [0.1, 0.15) is 0 Å². The van der Waals surface area contributed by atoms with Gasteiger partial charge in [0.25, 0.3) is 0 Å². The van der Waals surface area contributed by atoms with E-state index in [1.807, 2.05) is 0 Å². The van der Waals surface area contributed by atoms with Crippen LogP contribution in [0, 0.1) is 5.92 Å². The highest BCUT2D eigenvalue weighted by Gasteiger charge is 2.13. The number of rotatable bonds is 5. The maximum atomic E-state index is 4.08. The Morgan fingerprint density at radius 3 is 2.79 bits per heavy atom. The number of allylic oxidation sites excluding steroid dienone is 1.